The molecule has 2 heterocycles. The van der Waals surface area contributed by atoms with E-state index in [-0.39, 0.29) is 17.6 Å². The van der Waals surface area contributed by atoms with Gasteiger partial charge in [-0.15, -0.1) is 0 Å². The van der Waals surface area contributed by atoms with Gasteiger partial charge in [0.25, 0.3) is 5.91 Å². The minimum Gasteiger partial charge on any atom is -0.366 e. The Morgan fingerprint density at radius 2 is 1.86 bits per heavy atom. The van der Waals surface area contributed by atoms with Crippen LogP contribution in [0.5, 0.6) is 0 Å². The molecule has 2 fully saturated rings. The van der Waals surface area contributed by atoms with Gasteiger partial charge in [-0.3, -0.25) is 9.69 Å². The smallest absolute Gasteiger partial charge is 0.250 e. The highest BCUT2D eigenvalue weighted by Gasteiger charge is 2.34. The molecule has 1 amide bonds. The fourth-order valence-corrected chi connectivity index (χ4v) is 3.62. The van der Waals surface area contributed by atoms with Gasteiger partial charge in [0.05, 0.1) is 6.61 Å². The summed E-state index contributed by atoms with van der Waals surface area (Å²) < 4.78 is 5.59. The molecule has 1 N–H and O–H groups in total. The number of piperidine rings is 1. The van der Waals surface area contributed by atoms with Gasteiger partial charge in [-0.2, -0.15) is 0 Å². The molecule has 128 valence electrons. The lowest BCUT2D eigenvalue weighted by Crippen LogP contribution is -2.58. The maximum atomic E-state index is 12.3. The third-order valence-corrected chi connectivity index (χ3v) is 4.98. The molecular weight excluding hydrogens is 278 g/mol. The molecule has 0 bridgehead atoms. The average Bonchev–Trinajstić information content (AvgIpc) is 2.44. The van der Waals surface area contributed by atoms with Crippen molar-refractivity contribution in [3.8, 4) is 0 Å². The zero-order valence-electron chi connectivity index (χ0n) is 14.9. The third kappa shape index (κ3) is 4.67. The molecule has 2 aliphatic heterocycles. The highest BCUT2D eigenvalue weighted by molar-refractivity contribution is 5.81. The summed E-state index contributed by atoms with van der Waals surface area (Å²) in [5.74, 6) is 1.49. The number of likely N-dealkylation sites (N-methyl/N-ethyl adjacent to an activating group) is 1. The van der Waals surface area contributed by atoms with E-state index in [1.165, 1.54) is 6.42 Å². The summed E-state index contributed by atoms with van der Waals surface area (Å²) in [6, 6.07) is 0. The fourth-order valence-electron chi connectivity index (χ4n) is 3.62. The van der Waals surface area contributed by atoms with Crippen molar-refractivity contribution >= 4 is 5.91 Å². The molecule has 0 spiro atoms. The zero-order valence-corrected chi connectivity index (χ0v) is 14.9. The van der Waals surface area contributed by atoms with Crippen molar-refractivity contribution in [2.75, 3.05) is 46.4 Å². The Morgan fingerprint density at radius 3 is 2.45 bits per heavy atom. The van der Waals surface area contributed by atoms with Crippen LogP contribution in [0.4, 0.5) is 0 Å². The number of rotatable bonds is 4. The molecule has 5 nitrogen and oxygen atoms in total. The molecule has 22 heavy (non-hydrogen) atoms. The van der Waals surface area contributed by atoms with Crippen molar-refractivity contribution < 1.29 is 9.53 Å². The number of ether oxygens (including phenoxy) is 1. The highest BCUT2D eigenvalue weighted by atomic mass is 16.5. The fraction of sp³-hybridized carbons (Fsp3) is 0.941. The van der Waals surface area contributed by atoms with E-state index < -0.39 is 0 Å². The van der Waals surface area contributed by atoms with E-state index in [1.54, 1.807) is 0 Å². The van der Waals surface area contributed by atoms with Crippen LogP contribution in [-0.4, -0.2) is 73.7 Å². The minimum absolute atomic E-state index is 0.0147. The van der Waals surface area contributed by atoms with Crippen molar-refractivity contribution in [2.45, 2.75) is 45.8 Å². The summed E-state index contributed by atoms with van der Waals surface area (Å²) in [5, 5.41) is 3.11. The molecule has 2 aliphatic rings. The van der Waals surface area contributed by atoms with Crippen molar-refractivity contribution in [1.82, 2.24) is 15.1 Å². The van der Waals surface area contributed by atoms with Crippen LogP contribution in [0.15, 0.2) is 0 Å². The number of nitrogens with zero attached hydrogens (tertiary/aromatic N) is 2. The standard InChI is InChI=1S/C17H33N3O2/c1-13-8-14(2)10-20(9-13)17(3,4)12-18-16(21)15-11-19(5)6-7-22-15/h13-15H,6-12H2,1-5H3,(H,18,21)/t13-,14-,15-/m1/s1. The first-order chi connectivity index (χ1) is 10.3. The molecule has 0 aliphatic carbocycles. The second kappa shape index (κ2) is 7.28. The lowest BCUT2D eigenvalue weighted by Gasteiger charge is -2.45. The lowest BCUT2D eigenvalue weighted by molar-refractivity contribution is -0.138. The number of hydrogen-bond donors (Lipinski definition) is 1. The SMILES string of the molecule is C[C@@H]1C[C@@H](C)CN(C(C)(C)CNC(=O)[C@H]2CN(C)CCO2)C1. The van der Waals surface area contributed by atoms with E-state index in [4.69, 9.17) is 4.74 Å². The maximum Gasteiger partial charge on any atom is 0.250 e. The Hall–Kier alpha value is -0.650. The minimum atomic E-state index is -0.325. The quantitative estimate of drug-likeness (QED) is 0.847. The maximum absolute atomic E-state index is 12.3. The van der Waals surface area contributed by atoms with Crippen molar-refractivity contribution in [2.24, 2.45) is 11.8 Å². The second-order valence-corrected chi connectivity index (χ2v) is 8.00. The van der Waals surface area contributed by atoms with Gasteiger partial charge in [0.1, 0.15) is 6.10 Å². The summed E-state index contributed by atoms with van der Waals surface area (Å²) in [6.07, 6.45) is 0.982. The molecule has 0 aromatic heterocycles. The Bertz CT molecular complexity index is 376. The Kier molecular flexibility index (Phi) is 5.86. The summed E-state index contributed by atoms with van der Waals surface area (Å²) in [4.78, 5) is 17.0. The van der Waals surface area contributed by atoms with Crippen LogP contribution in [-0.2, 0) is 9.53 Å². The van der Waals surface area contributed by atoms with Crippen molar-refractivity contribution in [3.05, 3.63) is 0 Å². The van der Waals surface area contributed by atoms with E-state index in [2.05, 4.69) is 42.8 Å². The molecule has 0 radical (unpaired) electrons. The average molecular weight is 311 g/mol. The van der Waals surface area contributed by atoms with Gasteiger partial charge in [-0.1, -0.05) is 13.8 Å². The van der Waals surface area contributed by atoms with Crippen LogP contribution in [0.3, 0.4) is 0 Å². The van der Waals surface area contributed by atoms with Gasteiger partial charge in [-0.05, 0) is 39.2 Å². The number of morpholine rings is 1. The Labute approximate surface area is 135 Å². The van der Waals surface area contributed by atoms with Gasteiger partial charge in [0, 0.05) is 38.3 Å². The number of carbonyl (C=O) groups is 1. The molecule has 0 aromatic carbocycles. The van der Waals surface area contributed by atoms with Crippen LogP contribution < -0.4 is 5.32 Å². The predicted octanol–water partition coefficient (Wildman–Crippen LogP) is 1.19. The van der Waals surface area contributed by atoms with Gasteiger partial charge in [0.15, 0.2) is 0 Å². The lowest BCUT2D eigenvalue weighted by atomic mass is 9.88. The van der Waals surface area contributed by atoms with E-state index >= 15 is 0 Å². The van der Waals surface area contributed by atoms with Crippen molar-refractivity contribution in [1.29, 1.82) is 0 Å². The van der Waals surface area contributed by atoms with Crippen LogP contribution in [0.1, 0.15) is 34.1 Å². The second-order valence-electron chi connectivity index (χ2n) is 8.00. The van der Waals surface area contributed by atoms with Gasteiger partial charge in [-0.25, -0.2) is 0 Å². The number of hydrogen-bond acceptors (Lipinski definition) is 4. The molecule has 5 heteroatoms. The first-order valence-corrected chi connectivity index (χ1v) is 8.61. The summed E-state index contributed by atoms with van der Waals surface area (Å²) in [7, 11) is 2.03. The third-order valence-electron chi connectivity index (χ3n) is 4.98. The van der Waals surface area contributed by atoms with Gasteiger partial charge >= 0.3 is 0 Å². The number of nitrogens with one attached hydrogen (secondary N) is 1. The van der Waals surface area contributed by atoms with E-state index in [0.29, 0.717) is 19.7 Å². The molecule has 2 rings (SSSR count). The van der Waals surface area contributed by atoms with Crippen molar-refractivity contribution in [3.63, 3.8) is 0 Å². The normalized spacial score (nSPS) is 32.0. The topological polar surface area (TPSA) is 44.8 Å². The van der Waals surface area contributed by atoms with Gasteiger partial charge in [0.2, 0.25) is 0 Å². The first kappa shape index (κ1) is 17.7. The monoisotopic (exact) mass is 311 g/mol. The Balaban J connectivity index is 1.84. The molecule has 3 atom stereocenters. The van der Waals surface area contributed by atoms with Crippen LogP contribution in [0.25, 0.3) is 0 Å². The molecule has 0 aromatic rings. The van der Waals surface area contributed by atoms with E-state index in [1.807, 2.05) is 7.05 Å². The summed E-state index contributed by atoms with van der Waals surface area (Å²) >= 11 is 0. The zero-order chi connectivity index (χ0) is 16.3. The molecule has 2 saturated heterocycles. The van der Waals surface area contributed by atoms with E-state index in [9.17, 15) is 4.79 Å². The van der Waals surface area contributed by atoms with Crippen LogP contribution in [0.2, 0.25) is 0 Å². The number of amides is 1. The number of likely N-dealkylation sites (tertiary alicyclic amines) is 1. The van der Waals surface area contributed by atoms with Crippen LogP contribution in [0, 0.1) is 11.8 Å². The molecule has 0 unspecified atom stereocenters. The molecule has 0 saturated carbocycles. The summed E-state index contributed by atoms with van der Waals surface area (Å²) in [5.41, 5.74) is -0.0147. The largest absolute Gasteiger partial charge is 0.366 e. The van der Waals surface area contributed by atoms with Gasteiger partial charge < -0.3 is 15.0 Å². The summed E-state index contributed by atoms with van der Waals surface area (Å²) in [6.45, 7) is 14.2. The van der Waals surface area contributed by atoms with Crippen LogP contribution >= 0.6 is 0 Å². The highest BCUT2D eigenvalue weighted by Crippen LogP contribution is 2.26. The molecular formula is C17H33N3O2. The van der Waals surface area contributed by atoms with E-state index in [0.717, 1.165) is 31.5 Å². The predicted molar refractivity (Wildman–Crippen MR) is 88.8 cm³/mol. The Morgan fingerprint density at radius 1 is 1.23 bits per heavy atom. The first-order valence-electron chi connectivity index (χ1n) is 8.61. The number of carbonyl (C=O) groups excluding carboxylic acids is 1.